The first kappa shape index (κ1) is 21.5. The van der Waals surface area contributed by atoms with Crippen LogP contribution in [0.5, 0.6) is 0 Å². The second-order valence-corrected chi connectivity index (χ2v) is 8.32. The molecule has 0 radical (unpaired) electrons. The highest BCUT2D eigenvalue weighted by molar-refractivity contribution is 7.98. The summed E-state index contributed by atoms with van der Waals surface area (Å²) in [6.07, 6.45) is 0. The maximum Gasteiger partial charge on any atom is 0.251 e. The van der Waals surface area contributed by atoms with Crippen molar-refractivity contribution in [3.8, 4) is 11.3 Å². The van der Waals surface area contributed by atoms with Crippen LogP contribution in [-0.2, 0) is 10.5 Å². The summed E-state index contributed by atoms with van der Waals surface area (Å²) in [5.41, 5.74) is 3.69. The minimum absolute atomic E-state index is 0.0351. The number of nitrogens with one attached hydrogen (secondary N) is 1. The fraction of sp³-hybridized carbons (Fsp3) is 0.292. The molecule has 0 unspecified atom stereocenters. The molecular formula is C24H26N4O2S. The predicted molar refractivity (Wildman–Crippen MR) is 123 cm³/mol. The molecular weight excluding hydrogens is 408 g/mol. The third-order valence-corrected chi connectivity index (χ3v) is 6.09. The highest BCUT2D eigenvalue weighted by Gasteiger charge is 2.11. The maximum absolute atomic E-state index is 12.5. The summed E-state index contributed by atoms with van der Waals surface area (Å²) >= 11 is 1.61. The fourth-order valence-corrected chi connectivity index (χ4v) is 4.13. The van der Waals surface area contributed by atoms with Crippen LogP contribution in [0.3, 0.4) is 0 Å². The molecule has 4 rings (SSSR count). The number of nitrogens with zero attached hydrogens (tertiary/aromatic N) is 3. The van der Waals surface area contributed by atoms with Crippen molar-refractivity contribution < 1.29 is 9.53 Å². The minimum Gasteiger partial charge on any atom is -0.379 e. The van der Waals surface area contributed by atoms with E-state index in [1.54, 1.807) is 11.8 Å². The van der Waals surface area contributed by atoms with Gasteiger partial charge in [0.15, 0.2) is 0 Å². The van der Waals surface area contributed by atoms with Gasteiger partial charge in [0.05, 0.1) is 18.9 Å². The average molecular weight is 435 g/mol. The Morgan fingerprint density at radius 2 is 1.84 bits per heavy atom. The van der Waals surface area contributed by atoms with Crippen molar-refractivity contribution in [2.75, 3.05) is 39.4 Å². The van der Waals surface area contributed by atoms with Gasteiger partial charge in [0.2, 0.25) is 0 Å². The Morgan fingerprint density at radius 1 is 1.00 bits per heavy atom. The molecule has 0 aliphatic carbocycles. The van der Waals surface area contributed by atoms with Gasteiger partial charge >= 0.3 is 0 Å². The third-order valence-electron chi connectivity index (χ3n) is 5.10. The Labute approximate surface area is 187 Å². The Morgan fingerprint density at radius 3 is 2.61 bits per heavy atom. The maximum atomic E-state index is 12.5. The molecule has 7 heteroatoms. The lowest BCUT2D eigenvalue weighted by molar-refractivity contribution is 0.0383. The van der Waals surface area contributed by atoms with Gasteiger partial charge in [-0.3, -0.25) is 9.69 Å². The molecule has 1 aromatic heterocycles. The molecule has 1 fully saturated rings. The van der Waals surface area contributed by atoms with E-state index in [4.69, 9.17) is 4.74 Å². The summed E-state index contributed by atoms with van der Waals surface area (Å²) in [5.74, 6) is 0.695. The van der Waals surface area contributed by atoms with Gasteiger partial charge in [-0.2, -0.15) is 0 Å². The van der Waals surface area contributed by atoms with Crippen molar-refractivity contribution in [3.63, 3.8) is 0 Å². The average Bonchev–Trinajstić information content (AvgIpc) is 2.84. The molecule has 0 atom stereocenters. The molecule has 3 aromatic rings. The number of hydrogen-bond acceptors (Lipinski definition) is 6. The van der Waals surface area contributed by atoms with Gasteiger partial charge in [-0.15, -0.1) is 10.2 Å². The van der Waals surface area contributed by atoms with E-state index >= 15 is 0 Å². The van der Waals surface area contributed by atoms with Crippen LogP contribution in [0.1, 0.15) is 15.9 Å². The zero-order valence-electron chi connectivity index (χ0n) is 17.4. The van der Waals surface area contributed by atoms with E-state index < -0.39 is 0 Å². The van der Waals surface area contributed by atoms with Crippen molar-refractivity contribution in [3.05, 3.63) is 77.9 Å². The van der Waals surface area contributed by atoms with Crippen LogP contribution in [0.2, 0.25) is 0 Å². The van der Waals surface area contributed by atoms with E-state index in [1.165, 1.54) is 0 Å². The second-order valence-electron chi connectivity index (χ2n) is 7.32. The molecule has 1 amide bonds. The molecule has 0 saturated carbocycles. The predicted octanol–water partition coefficient (Wildman–Crippen LogP) is 3.50. The van der Waals surface area contributed by atoms with E-state index in [0.29, 0.717) is 12.1 Å². The molecule has 1 aliphatic rings. The Kier molecular flexibility index (Phi) is 7.65. The lowest BCUT2D eigenvalue weighted by atomic mass is 10.1. The van der Waals surface area contributed by atoms with Gasteiger partial charge in [-0.25, -0.2) is 0 Å². The SMILES string of the molecule is O=C(NCCN1CCOCC1)c1cccc(CSc2ccc(-c3ccccc3)nn2)c1. The summed E-state index contributed by atoms with van der Waals surface area (Å²) < 4.78 is 5.35. The summed E-state index contributed by atoms with van der Waals surface area (Å²) in [7, 11) is 0. The number of morpholine rings is 1. The number of thioether (sulfide) groups is 1. The van der Waals surface area contributed by atoms with Crippen LogP contribution in [0, 0.1) is 0 Å². The molecule has 31 heavy (non-hydrogen) atoms. The van der Waals surface area contributed by atoms with Crippen LogP contribution in [-0.4, -0.2) is 60.4 Å². The molecule has 0 spiro atoms. The van der Waals surface area contributed by atoms with Crippen LogP contribution in [0.4, 0.5) is 0 Å². The number of amides is 1. The van der Waals surface area contributed by atoms with Gasteiger partial charge in [0, 0.05) is 43.1 Å². The first-order valence-corrected chi connectivity index (χ1v) is 11.5. The number of carbonyl (C=O) groups excluding carboxylic acids is 1. The van der Waals surface area contributed by atoms with Gasteiger partial charge in [-0.05, 0) is 29.8 Å². The largest absolute Gasteiger partial charge is 0.379 e. The molecule has 1 saturated heterocycles. The highest BCUT2D eigenvalue weighted by atomic mass is 32.2. The summed E-state index contributed by atoms with van der Waals surface area (Å²) in [4.78, 5) is 14.8. The molecule has 160 valence electrons. The third kappa shape index (κ3) is 6.37. The van der Waals surface area contributed by atoms with E-state index in [0.717, 1.165) is 60.4 Å². The van der Waals surface area contributed by atoms with Gasteiger partial charge < -0.3 is 10.1 Å². The summed E-state index contributed by atoms with van der Waals surface area (Å²) in [6.45, 7) is 4.89. The number of aromatic nitrogens is 2. The zero-order chi connectivity index (χ0) is 21.3. The summed E-state index contributed by atoms with van der Waals surface area (Å²) in [5, 5.41) is 12.5. The van der Waals surface area contributed by atoms with Gasteiger partial charge in [-0.1, -0.05) is 54.2 Å². The standard InChI is InChI=1S/C24H26N4O2S/c29-24(25-11-12-28-13-15-30-16-14-28)21-8-4-5-19(17-21)18-31-23-10-9-22(26-27-23)20-6-2-1-3-7-20/h1-10,17H,11-16,18H2,(H,25,29). The molecule has 6 nitrogen and oxygen atoms in total. The van der Waals surface area contributed by atoms with E-state index in [9.17, 15) is 4.79 Å². The van der Waals surface area contributed by atoms with Crippen molar-refractivity contribution in [2.24, 2.45) is 0 Å². The highest BCUT2D eigenvalue weighted by Crippen LogP contribution is 2.23. The Hall–Kier alpha value is -2.74. The summed E-state index contributed by atoms with van der Waals surface area (Å²) in [6, 6.07) is 21.8. The molecule has 1 aliphatic heterocycles. The van der Waals surface area contributed by atoms with E-state index in [1.807, 2.05) is 66.7 Å². The Bertz CT molecular complexity index is 976. The van der Waals surface area contributed by atoms with E-state index in [2.05, 4.69) is 20.4 Å². The van der Waals surface area contributed by atoms with E-state index in [-0.39, 0.29) is 5.91 Å². The number of carbonyl (C=O) groups is 1. The molecule has 0 bridgehead atoms. The fourth-order valence-electron chi connectivity index (χ4n) is 3.37. The minimum atomic E-state index is -0.0351. The molecule has 2 heterocycles. The van der Waals surface area contributed by atoms with Crippen LogP contribution in [0.25, 0.3) is 11.3 Å². The monoisotopic (exact) mass is 434 g/mol. The van der Waals surface area contributed by atoms with Crippen molar-refractivity contribution in [1.82, 2.24) is 20.4 Å². The first-order chi connectivity index (χ1) is 15.3. The number of ether oxygens (including phenoxy) is 1. The number of benzene rings is 2. The first-order valence-electron chi connectivity index (χ1n) is 10.5. The second kappa shape index (κ2) is 11.0. The quantitative estimate of drug-likeness (QED) is 0.548. The lowest BCUT2D eigenvalue weighted by Gasteiger charge is -2.26. The van der Waals surface area contributed by atoms with Crippen molar-refractivity contribution >= 4 is 17.7 Å². The molecule has 1 N–H and O–H groups in total. The number of rotatable bonds is 8. The Balaban J connectivity index is 1.27. The van der Waals surface area contributed by atoms with Crippen LogP contribution >= 0.6 is 11.8 Å². The van der Waals surface area contributed by atoms with Gasteiger partial charge in [0.25, 0.3) is 5.91 Å². The molecule has 2 aromatic carbocycles. The van der Waals surface area contributed by atoms with Gasteiger partial charge in [0.1, 0.15) is 5.03 Å². The lowest BCUT2D eigenvalue weighted by Crippen LogP contribution is -2.41. The normalized spacial score (nSPS) is 14.3. The number of hydrogen-bond donors (Lipinski definition) is 1. The smallest absolute Gasteiger partial charge is 0.251 e. The topological polar surface area (TPSA) is 67.4 Å². The van der Waals surface area contributed by atoms with Crippen LogP contribution in [0.15, 0.2) is 71.8 Å². The van der Waals surface area contributed by atoms with Crippen LogP contribution < -0.4 is 5.32 Å². The zero-order valence-corrected chi connectivity index (χ0v) is 18.2. The van der Waals surface area contributed by atoms with Crippen molar-refractivity contribution in [1.29, 1.82) is 0 Å². The van der Waals surface area contributed by atoms with Crippen molar-refractivity contribution in [2.45, 2.75) is 10.8 Å².